The summed E-state index contributed by atoms with van der Waals surface area (Å²) in [6, 6.07) is 2.24. The van der Waals surface area contributed by atoms with Gasteiger partial charge in [0.05, 0.1) is 32.6 Å². The number of hydrazone groups is 2. The van der Waals surface area contributed by atoms with Crippen molar-refractivity contribution in [2.24, 2.45) is 10.2 Å². The predicted molar refractivity (Wildman–Crippen MR) is 119 cm³/mol. The maximum Gasteiger partial charge on any atom is 0.420 e. The van der Waals surface area contributed by atoms with Crippen LogP contribution in [0, 0.1) is 0 Å². The summed E-state index contributed by atoms with van der Waals surface area (Å²) in [6.45, 7) is 7.30. The number of benzene rings is 1. The SMILES string of the molecule is C=C1N(CC(=O)c2cc(N3CCOCC3)c(OC)c(C(F)(F)F)c2)N=C2C=CC(OCC)=NN12. The summed E-state index contributed by atoms with van der Waals surface area (Å²) in [5.74, 6) is 0.169. The molecule has 1 aromatic rings. The molecule has 0 unspecified atom stereocenters. The topological polar surface area (TPSA) is 79.2 Å². The van der Waals surface area contributed by atoms with Crippen molar-refractivity contribution in [2.45, 2.75) is 13.1 Å². The molecule has 0 spiro atoms. The number of fused-ring (bicyclic) bond motifs is 1. The average molecular weight is 479 g/mol. The molecule has 12 heteroatoms. The Hall–Kier alpha value is -3.54. The molecule has 182 valence electrons. The number of carbonyl (C=O) groups is 1. The van der Waals surface area contributed by atoms with Crippen molar-refractivity contribution in [1.29, 1.82) is 0 Å². The number of methoxy groups -OCH3 is 1. The Bertz CT molecular complexity index is 1080. The lowest BCUT2D eigenvalue weighted by molar-refractivity contribution is -0.138. The molecule has 3 aliphatic rings. The maximum atomic E-state index is 13.9. The lowest BCUT2D eigenvalue weighted by Gasteiger charge is -2.31. The number of halogens is 3. The van der Waals surface area contributed by atoms with Gasteiger partial charge in [0.25, 0.3) is 0 Å². The minimum atomic E-state index is -4.71. The van der Waals surface area contributed by atoms with E-state index in [9.17, 15) is 18.0 Å². The molecule has 1 aromatic carbocycles. The standard InChI is InChI=1S/C22H24F3N5O4/c1-4-34-20-6-5-19-26-29(14(2)30(19)27-20)13-18(31)15-11-16(22(23,24)25)21(32-3)17(12-15)28-7-9-33-10-8-28/h5-6,11-12H,2,4,7-10,13H2,1,3H3. The third-order valence-electron chi connectivity index (χ3n) is 5.39. The highest BCUT2D eigenvalue weighted by Crippen LogP contribution is 2.43. The Morgan fingerprint density at radius 2 is 1.94 bits per heavy atom. The number of Topliss-reactive ketones (excluding diaryl/α,β-unsaturated/α-hetero) is 1. The Morgan fingerprint density at radius 1 is 1.21 bits per heavy atom. The molecular weight excluding hydrogens is 455 g/mol. The Balaban J connectivity index is 1.63. The highest BCUT2D eigenvalue weighted by atomic mass is 19.4. The maximum absolute atomic E-state index is 13.9. The van der Waals surface area contributed by atoms with E-state index in [0.29, 0.717) is 44.6 Å². The summed E-state index contributed by atoms with van der Waals surface area (Å²) in [6.07, 6.45) is -1.43. The molecule has 9 nitrogen and oxygen atoms in total. The van der Waals surface area contributed by atoms with Crippen molar-refractivity contribution < 1.29 is 32.2 Å². The van der Waals surface area contributed by atoms with E-state index in [0.717, 1.165) is 6.07 Å². The van der Waals surface area contributed by atoms with Crippen LogP contribution in [0.5, 0.6) is 5.75 Å². The van der Waals surface area contributed by atoms with Gasteiger partial charge in [0.1, 0.15) is 17.9 Å². The van der Waals surface area contributed by atoms with Gasteiger partial charge >= 0.3 is 6.18 Å². The summed E-state index contributed by atoms with van der Waals surface area (Å²) >= 11 is 0. The number of ketones is 1. The summed E-state index contributed by atoms with van der Waals surface area (Å²) in [5, 5.41) is 11.3. The highest BCUT2D eigenvalue weighted by molar-refractivity contribution is 6.05. The van der Waals surface area contributed by atoms with Crippen molar-refractivity contribution in [2.75, 3.05) is 51.5 Å². The second kappa shape index (κ2) is 9.37. The minimum absolute atomic E-state index is 0.110. The zero-order valence-electron chi connectivity index (χ0n) is 18.8. The summed E-state index contributed by atoms with van der Waals surface area (Å²) in [7, 11) is 1.18. The number of hydrogen-bond donors (Lipinski definition) is 0. The number of hydrogen-bond acceptors (Lipinski definition) is 9. The Kier molecular flexibility index (Phi) is 6.51. The van der Waals surface area contributed by atoms with Crippen LogP contribution in [0.2, 0.25) is 0 Å². The first-order valence-corrected chi connectivity index (χ1v) is 10.6. The molecule has 1 saturated heterocycles. The van der Waals surface area contributed by atoms with Crippen LogP contribution in [-0.2, 0) is 15.7 Å². The monoisotopic (exact) mass is 479 g/mol. The van der Waals surface area contributed by atoms with Gasteiger partial charge in [-0.3, -0.25) is 4.79 Å². The van der Waals surface area contributed by atoms with Crippen LogP contribution in [0.3, 0.4) is 0 Å². The van der Waals surface area contributed by atoms with Crippen molar-refractivity contribution in [3.63, 3.8) is 0 Å². The minimum Gasteiger partial charge on any atom is -0.494 e. The summed E-state index contributed by atoms with van der Waals surface area (Å²) in [4.78, 5) is 14.9. The van der Waals surface area contributed by atoms with Crippen LogP contribution in [0.1, 0.15) is 22.8 Å². The van der Waals surface area contributed by atoms with Gasteiger partial charge in [-0.05, 0) is 25.1 Å². The fourth-order valence-electron chi connectivity index (χ4n) is 3.77. The smallest absolute Gasteiger partial charge is 0.420 e. The van der Waals surface area contributed by atoms with Gasteiger partial charge in [-0.2, -0.15) is 23.3 Å². The van der Waals surface area contributed by atoms with Gasteiger partial charge in [-0.1, -0.05) is 6.58 Å². The predicted octanol–water partition coefficient (Wildman–Crippen LogP) is 3.06. The van der Waals surface area contributed by atoms with Gasteiger partial charge in [0.2, 0.25) is 5.90 Å². The van der Waals surface area contributed by atoms with E-state index < -0.39 is 17.5 Å². The van der Waals surface area contributed by atoms with Crippen molar-refractivity contribution in [1.82, 2.24) is 10.0 Å². The highest BCUT2D eigenvalue weighted by Gasteiger charge is 2.38. The Morgan fingerprint density at radius 3 is 2.59 bits per heavy atom. The number of rotatable bonds is 6. The average Bonchev–Trinajstić information content (AvgIpc) is 3.13. The molecule has 34 heavy (non-hydrogen) atoms. The second-order valence-corrected chi connectivity index (χ2v) is 7.54. The first kappa shape index (κ1) is 23.6. The van der Waals surface area contributed by atoms with Crippen LogP contribution >= 0.6 is 0 Å². The lowest BCUT2D eigenvalue weighted by Crippen LogP contribution is -2.37. The lowest BCUT2D eigenvalue weighted by atomic mass is 10.0. The fraction of sp³-hybridized carbons (Fsp3) is 0.409. The molecule has 0 saturated carbocycles. The summed E-state index contributed by atoms with van der Waals surface area (Å²) in [5.41, 5.74) is -0.927. The van der Waals surface area contributed by atoms with Crippen molar-refractivity contribution in [3.8, 4) is 5.75 Å². The molecule has 4 rings (SSSR count). The van der Waals surface area contributed by atoms with Gasteiger partial charge in [-0.15, -0.1) is 5.10 Å². The fourth-order valence-corrected chi connectivity index (χ4v) is 3.77. The molecule has 1 fully saturated rings. The number of anilines is 1. The second-order valence-electron chi connectivity index (χ2n) is 7.54. The molecule has 0 bridgehead atoms. The van der Waals surface area contributed by atoms with E-state index >= 15 is 0 Å². The van der Waals surface area contributed by atoms with Crippen LogP contribution in [-0.4, -0.2) is 74.1 Å². The van der Waals surface area contributed by atoms with E-state index in [4.69, 9.17) is 14.2 Å². The largest absolute Gasteiger partial charge is 0.494 e. The molecule has 3 heterocycles. The van der Waals surface area contributed by atoms with E-state index in [1.165, 1.54) is 23.2 Å². The molecule has 0 N–H and O–H groups in total. The third kappa shape index (κ3) is 4.58. The first-order chi connectivity index (χ1) is 16.2. The summed E-state index contributed by atoms with van der Waals surface area (Å²) < 4.78 is 57.4. The van der Waals surface area contributed by atoms with Gasteiger partial charge in [0.15, 0.2) is 17.4 Å². The van der Waals surface area contributed by atoms with Crippen LogP contribution in [0.4, 0.5) is 18.9 Å². The van der Waals surface area contributed by atoms with Crippen LogP contribution in [0.25, 0.3) is 0 Å². The number of alkyl halides is 3. The van der Waals surface area contributed by atoms with Gasteiger partial charge in [0, 0.05) is 24.7 Å². The third-order valence-corrected chi connectivity index (χ3v) is 5.39. The zero-order chi connectivity index (χ0) is 24.5. The normalized spacial score (nSPS) is 18.0. The molecule has 0 radical (unpaired) electrons. The molecule has 0 aromatic heterocycles. The number of carbonyl (C=O) groups excluding carboxylic acids is 1. The van der Waals surface area contributed by atoms with Crippen LogP contribution in [0.15, 0.2) is 46.9 Å². The molecule has 3 aliphatic heterocycles. The molecular formula is C22H24F3N5O4. The van der Waals surface area contributed by atoms with Gasteiger partial charge in [-0.25, -0.2) is 5.01 Å². The van der Waals surface area contributed by atoms with Crippen LogP contribution < -0.4 is 9.64 Å². The number of ether oxygens (including phenoxy) is 3. The van der Waals surface area contributed by atoms with E-state index in [1.54, 1.807) is 17.1 Å². The van der Waals surface area contributed by atoms with Gasteiger partial charge < -0.3 is 19.1 Å². The molecule has 0 atom stereocenters. The quantitative estimate of drug-likeness (QED) is 0.581. The molecule has 0 amide bonds. The van der Waals surface area contributed by atoms with Crippen molar-refractivity contribution >= 4 is 23.2 Å². The first-order valence-electron chi connectivity index (χ1n) is 10.6. The number of nitrogens with zero attached hydrogens (tertiary/aromatic N) is 5. The number of morpholine rings is 1. The van der Waals surface area contributed by atoms with E-state index in [-0.39, 0.29) is 29.4 Å². The van der Waals surface area contributed by atoms with Crippen molar-refractivity contribution in [3.05, 3.63) is 47.8 Å². The Labute approximate surface area is 194 Å². The zero-order valence-corrected chi connectivity index (χ0v) is 18.8. The van der Waals surface area contributed by atoms with E-state index in [1.807, 2.05) is 6.92 Å². The van der Waals surface area contributed by atoms with E-state index in [2.05, 4.69) is 16.8 Å². The number of amidine groups is 1. The molecule has 0 aliphatic carbocycles.